The molecule has 0 heterocycles. The zero-order valence-corrected chi connectivity index (χ0v) is 9.00. The van der Waals surface area contributed by atoms with Crippen LogP contribution in [0.1, 0.15) is 45.4 Å². The third-order valence-electron chi connectivity index (χ3n) is 3.21. The van der Waals surface area contributed by atoms with Crippen LogP contribution in [0.2, 0.25) is 0 Å². The topological polar surface area (TPSA) is 26.3 Å². The summed E-state index contributed by atoms with van der Waals surface area (Å²) >= 11 is 0. The lowest BCUT2D eigenvalue weighted by Crippen LogP contribution is -2.26. The summed E-state index contributed by atoms with van der Waals surface area (Å²) in [6.07, 6.45) is 6.88. The van der Waals surface area contributed by atoms with Crippen molar-refractivity contribution in [3.63, 3.8) is 0 Å². The van der Waals surface area contributed by atoms with E-state index in [1.807, 2.05) is 6.92 Å². The Kier molecular flexibility index (Phi) is 3.22. The van der Waals surface area contributed by atoms with Crippen LogP contribution in [-0.2, 0) is 9.53 Å². The highest BCUT2D eigenvalue weighted by Gasteiger charge is 2.36. The van der Waals surface area contributed by atoms with Crippen LogP contribution >= 0.6 is 0 Å². The number of ketones is 1. The maximum atomic E-state index is 11.8. The second kappa shape index (κ2) is 4.43. The molecule has 2 aliphatic carbocycles. The van der Waals surface area contributed by atoms with Crippen molar-refractivity contribution in [2.45, 2.75) is 51.6 Å². The molecule has 2 fully saturated rings. The van der Waals surface area contributed by atoms with Gasteiger partial charge in [0.2, 0.25) is 0 Å². The third kappa shape index (κ3) is 2.81. The second-order valence-electron chi connectivity index (χ2n) is 4.66. The molecule has 2 heteroatoms. The fourth-order valence-corrected chi connectivity index (χ4v) is 1.97. The second-order valence-corrected chi connectivity index (χ2v) is 4.66. The molecule has 0 aromatic rings. The fourth-order valence-electron chi connectivity index (χ4n) is 1.97. The van der Waals surface area contributed by atoms with Crippen LogP contribution in [0.15, 0.2) is 0 Å². The van der Waals surface area contributed by atoms with Gasteiger partial charge in [-0.1, -0.05) is 12.8 Å². The van der Waals surface area contributed by atoms with Crippen molar-refractivity contribution in [2.75, 3.05) is 6.61 Å². The normalized spacial score (nSPS) is 23.5. The van der Waals surface area contributed by atoms with E-state index in [0.29, 0.717) is 18.3 Å². The lowest BCUT2D eigenvalue weighted by Gasteiger charge is -2.14. The predicted octanol–water partition coefficient (Wildman–Crippen LogP) is 2.56. The van der Waals surface area contributed by atoms with Crippen LogP contribution in [0.5, 0.6) is 0 Å². The molecule has 0 aromatic carbocycles. The minimum absolute atomic E-state index is 0.0567. The zero-order valence-electron chi connectivity index (χ0n) is 9.00. The number of Topliss-reactive ketones (excluding diaryl/α,β-unsaturated/α-hetero) is 1. The van der Waals surface area contributed by atoms with Crippen LogP contribution in [-0.4, -0.2) is 18.5 Å². The predicted molar refractivity (Wildman–Crippen MR) is 55.1 cm³/mol. The molecule has 0 N–H and O–H groups in total. The summed E-state index contributed by atoms with van der Waals surface area (Å²) in [4.78, 5) is 11.8. The van der Waals surface area contributed by atoms with Crippen molar-refractivity contribution in [2.24, 2.45) is 11.8 Å². The molecule has 2 nitrogen and oxygen atoms in total. The SMILES string of the molecule is CCOC(C(=O)CCC1CC1)C1CC1. The van der Waals surface area contributed by atoms with Crippen molar-refractivity contribution >= 4 is 5.78 Å². The number of ether oxygens (including phenoxy) is 1. The van der Waals surface area contributed by atoms with Gasteiger partial charge in [0.15, 0.2) is 5.78 Å². The molecule has 2 aliphatic rings. The van der Waals surface area contributed by atoms with E-state index >= 15 is 0 Å². The van der Waals surface area contributed by atoms with Crippen molar-refractivity contribution in [1.82, 2.24) is 0 Å². The van der Waals surface area contributed by atoms with Crippen LogP contribution < -0.4 is 0 Å². The number of carbonyl (C=O) groups is 1. The maximum absolute atomic E-state index is 11.8. The molecule has 80 valence electrons. The summed E-state index contributed by atoms with van der Waals surface area (Å²) in [5.41, 5.74) is 0. The molecule has 2 rings (SSSR count). The smallest absolute Gasteiger partial charge is 0.161 e. The van der Waals surface area contributed by atoms with Gasteiger partial charge in [-0.3, -0.25) is 4.79 Å². The minimum atomic E-state index is -0.0567. The van der Waals surface area contributed by atoms with E-state index in [2.05, 4.69) is 0 Å². The Balaban J connectivity index is 1.73. The number of hydrogen-bond donors (Lipinski definition) is 0. The van der Waals surface area contributed by atoms with Crippen molar-refractivity contribution in [3.05, 3.63) is 0 Å². The van der Waals surface area contributed by atoms with Gasteiger partial charge in [-0.15, -0.1) is 0 Å². The van der Waals surface area contributed by atoms with Gasteiger partial charge in [0.1, 0.15) is 6.10 Å². The van der Waals surface area contributed by atoms with Gasteiger partial charge in [-0.2, -0.15) is 0 Å². The largest absolute Gasteiger partial charge is 0.370 e. The van der Waals surface area contributed by atoms with Gasteiger partial charge in [0.25, 0.3) is 0 Å². The first-order valence-electron chi connectivity index (χ1n) is 5.95. The average Bonchev–Trinajstić information content (AvgIpc) is 3.03. The van der Waals surface area contributed by atoms with Gasteiger partial charge in [0.05, 0.1) is 0 Å². The fraction of sp³-hybridized carbons (Fsp3) is 0.917. The van der Waals surface area contributed by atoms with E-state index in [0.717, 1.165) is 18.8 Å². The number of rotatable bonds is 7. The van der Waals surface area contributed by atoms with E-state index in [-0.39, 0.29) is 6.10 Å². The molecule has 1 atom stereocenters. The molecular formula is C12H20O2. The van der Waals surface area contributed by atoms with Crippen LogP contribution in [0, 0.1) is 11.8 Å². The monoisotopic (exact) mass is 196 g/mol. The Bertz CT molecular complexity index is 204. The van der Waals surface area contributed by atoms with E-state index < -0.39 is 0 Å². The molecule has 2 saturated carbocycles. The summed E-state index contributed by atoms with van der Waals surface area (Å²) in [6.45, 7) is 2.65. The Morgan fingerprint density at radius 2 is 2.07 bits per heavy atom. The number of carbonyl (C=O) groups excluding carboxylic acids is 1. The maximum Gasteiger partial charge on any atom is 0.161 e. The van der Waals surface area contributed by atoms with E-state index in [1.165, 1.54) is 25.7 Å². The summed E-state index contributed by atoms with van der Waals surface area (Å²) in [5.74, 6) is 1.78. The molecule has 0 aromatic heterocycles. The summed E-state index contributed by atoms with van der Waals surface area (Å²) < 4.78 is 5.53. The molecular weight excluding hydrogens is 176 g/mol. The van der Waals surface area contributed by atoms with Gasteiger partial charge in [-0.05, 0) is 38.0 Å². The first kappa shape index (κ1) is 10.2. The minimum Gasteiger partial charge on any atom is -0.370 e. The van der Waals surface area contributed by atoms with Gasteiger partial charge in [0, 0.05) is 13.0 Å². The Hall–Kier alpha value is -0.370. The first-order chi connectivity index (χ1) is 6.81. The molecule has 1 unspecified atom stereocenters. The number of hydrogen-bond acceptors (Lipinski definition) is 2. The summed E-state index contributed by atoms with van der Waals surface area (Å²) in [6, 6.07) is 0. The Morgan fingerprint density at radius 1 is 1.36 bits per heavy atom. The van der Waals surface area contributed by atoms with Crippen LogP contribution in [0.25, 0.3) is 0 Å². The quantitative estimate of drug-likeness (QED) is 0.625. The molecule has 0 spiro atoms. The molecule has 14 heavy (non-hydrogen) atoms. The average molecular weight is 196 g/mol. The van der Waals surface area contributed by atoms with Crippen molar-refractivity contribution in [1.29, 1.82) is 0 Å². The molecule has 0 amide bonds. The lowest BCUT2D eigenvalue weighted by molar-refractivity contribution is -0.131. The van der Waals surface area contributed by atoms with Gasteiger partial charge < -0.3 is 4.74 Å². The van der Waals surface area contributed by atoms with Gasteiger partial charge >= 0.3 is 0 Å². The zero-order chi connectivity index (χ0) is 9.97. The van der Waals surface area contributed by atoms with Crippen LogP contribution in [0.3, 0.4) is 0 Å². The summed E-state index contributed by atoms with van der Waals surface area (Å²) in [7, 11) is 0. The Morgan fingerprint density at radius 3 is 2.57 bits per heavy atom. The summed E-state index contributed by atoms with van der Waals surface area (Å²) in [5, 5.41) is 0. The van der Waals surface area contributed by atoms with Crippen LogP contribution in [0.4, 0.5) is 0 Å². The highest BCUT2D eigenvalue weighted by molar-refractivity contribution is 5.83. The lowest BCUT2D eigenvalue weighted by atomic mass is 10.0. The molecule has 0 saturated heterocycles. The molecule has 0 radical (unpaired) electrons. The van der Waals surface area contributed by atoms with Crippen molar-refractivity contribution in [3.8, 4) is 0 Å². The Labute approximate surface area is 86.0 Å². The van der Waals surface area contributed by atoms with E-state index in [1.54, 1.807) is 0 Å². The van der Waals surface area contributed by atoms with Gasteiger partial charge in [-0.25, -0.2) is 0 Å². The first-order valence-corrected chi connectivity index (χ1v) is 5.95. The standard InChI is InChI=1S/C12H20O2/c1-2-14-12(10-6-7-10)11(13)8-5-9-3-4-9/h9-10,12H,2-8H2,1H3. The third-order valence-corrected chi connectivity index (χ3v) is 3.21. The highest BCUT2D eigenvalue weighted by Crippen LogP contribution is 2.37. The van der Waals surface area contributed by atoms with E-state index in [4.69, 9.17) is 4.74 Å². The molecule has 0 aliphatic heterocycles. The molecule has 0 bridgehead atoms. The van der Waals surface area contributed by atoms with E-state index in [9.17, 15) is 4.79 Å². The van der Waals surface area contributed by atoms with Crippen molar-refractivity contribution < 1.29 is 9.53 Å². The highest BCUT2D eigenvalue weighted by atomic mass is 16.5.